The van der Waals surface area contributed by atoms with E-state index in [0.717, 1.165) is 35.6 Å². The van der Waals surface area contributed by atoms with Crippen LogP contribution < -0.4 is 4.90 Å². The molecule has 3 rings (SSSR count). The maximum absolute atomic E-state index is 13.1. The number of aromatic nitrogens is 2. The Bertz CT molecular complexity index is 804. The smallest absolute Gasteiger partial charge is 0.226 e. The van der Waals surface area contributed by atoms with Crippen LogP contribution in [-0.2, 0) is 11.3 Å². The summed E-state index contributed by atoms with van der Waals surface area (Å²) in [5, 5.41) is 4.99. The van der Waals surface area contributed by atoms with Gasteiger partial charge in [0.25, 0.3) is 0 Å². The van der Waals surface area contributed by atoms with Gasteiger partial charge in [0.15, 0.2) is 0 Å². The van der Waals surface area contributed by atoms with Crippen molar-refractivity contribution in [2.24, 2.45) is 5.92 Å². The van der Waals surface area contributed by atoms with E-state index >= 15 is 0 Å². The lowest BCUT2D eigenvalue weighted by atomic mass is 9.84. The molecule has 28 heavy (non-hydrogen) atoms. The van der Waals surface area contributed by atoms with E-state index in [-0.39, 0.29) is 17.9 Å². The van der Waals surface area contributed by atoms with Crippen LogP contribution in [0.1, 0.15) is 64.1 Å². The van der Waals surface area contributed by atoms with E-state index in [1.807, 2.05) is 22.9 Å². The summed E-state index contributed by atoms with van der Waals surface area (Å²) >= 11 is 0. The molecule has 1 saturated carbocycles. The van der Waals surface area contributed by atoms with Crippen molar-refractivity contribution < 1.29 is 4.79 Å². The minimum atomic E-state index is 0.170. The first-order valence-corrected chi connectivity index (χ1v) is 10.5. The summed E-state index contributed by atoms with van der Waals surface area (Å²) in [4.78, 5) is 17.3. The predicted octanol–water partition coefficient (Wildman–Crippen LogP) is 4.60. The Labute approximate surface area is 169 Å². The molecule has 1 heterocycles. The Kier molecular flexibility index (Phi) is 6.11. The summed E-state index contributed by atoms with van der Waals surface area (Å²) in [6.07, 6.45) is 3.24. The van der Waals surface area contributed by atoms with Crippen molar-refractivity contribution in [2.75, 3.05) is 19.0 Å². The molecule has 1 amide bonds. The second-order valence-corrected chi connectivity index (χ2v) is 8.67. The minimum absolute atomic E-state index is 0.170. The molecule has 5 nitrogen and oxygen atoms in total. The zero-order valence-electron chi connectivity index (χ0n) is 18.1. The summed E-state index contributed by atoms with van der Waals surface area (Å²) in [6.45, 7) is 9.19. The highest BCUT2D eigenvalue weighted by molar-refractivity contribution is 5.80. The second kappa shape index (κ2) is 8.38. The molecule has 1 aromatic carbocycles. The van der Waals surface area contributed by atoms with Gasteiger partial charge in [-0.2, -0.15) is 5.10 Å². The molecule has 0 spiro atoms. The van der Waals surface area contributed by atoms with E-state index in [1.165, 1.54) is 6.42 Å². The SMILES string of the molecule is CC(C)c1nn(-c2ccccc2)c(N(C)C)c1CN(C(=O)C1CCC1)C(C)C. The van der Waals surface area contributed by atoms with Crippen molar-refractivity contribution in [3.8, 4) is 5.69 Å². The molecule has 1 aromatic heterocycles. The summed E-state index contributed by atoms with van der Waals surface area (Å²) in [5.74, 6) is 1.85. The summed E-state index contributed by atoms with van der Waals surface area (Å²) in [5.41, 5.74) is 3.27. The monoisotopic (exact) mass is 382 g/mol. The molecule has 2 aromatic rings. The van der Waals surface area contributed by atoms with Gasteiger partial charge in [-0.3, -0.25) is 4.79 Å². The average molecular weight is 383 g/mol. The van der Waals surface area contributed by atoms with E-state index in [1.54, 1.807) is 0 Å². The Morgan fingerprint density at radius 2 is 1.79 bits per heavy atom. The minimum Gasteiger partial charge on any atom is -0.362 e. The van der Waals surface area contributed by atoms with E-state index in [0.29, 0.717) is 12.5 Å². The lowest BCUT2D eigenvalue weighted by Gasteiger charge is -2.35. The maximum Gasteiger partial charge on any atom is 0.226 e. The normalized spacial score (nSPS) is 14.4. The first-order chi connectivity index (χ1) is 13.3. The molecule has 0 aliphatic heterocycles. The maximum atomic E-state index is 13.1. The van der Waals surface area contributed by atoms with Gasteiger partial charge in [0.1, 0.15) is 5.82 Å². The number of benzene rings is 1. The molecule has 0 unspecified atom stereocenters. The van der Waals surface area contributed by atoms with E-state index < -0.39 is 0 Å². The van der Waals surface area contributed by atoms with Crippen LogP contribution in [0.2, 0.25) is 0 Å². The van der Waals surface area contributed by atoms with Crippen LogP contribution in [0.5, 0.6) is 0 Å². The predicted molar refractivity (Wildman–Crippen MR) is 115 cm³/mol. The van der Waals surface area contributed by atoms with Gasteiger partial charge in [-0.25, -0.2) is 4.68 Å². The number of hydrogen-bond acceptors (Lipinski definition) is 3. The van der Waals surface area contributed by atoms with Crippen molar-refractivity contribution in [2.45, 2.75) is 65.5 Å². The van der Waals surface area contributed by atoms with Gasteiger partial charge in [0.05, 0.1) is 17.9 Å². The van der Waals surface area contributed by atoms with Gasteiger partial charge >= 0.3 is 0 Å². The molecule has 152 valence electrons. The van der Waals surface area contributed by atoms with Crippen LogP contribution in [0.15, 0.2) is 30.3 Å². The Morgan fingerprint density at radius 3 is 2.25 bits per heavy atom. The fourth-order valence-corrected chi connectivity index (χ4v) is 3.86. The Balaban J connectivity index is 2.07. The van der Waals surface area contributed by atoms with Gasteiger partial charge in [-0.1, -0.05) is 38.5 Å². The fraction of sp³-hybridized carbons (Fsp3) is 0.565. The number of carbonyl (C=O) groups excluding carboxylic acids is 1. The van der Waals surface area contributed by atoms with Crippen LogP contribution in [0.4, 0.5) is 5.82 Å². The number of nitrogens with zero attached hydrogens (tertiary/aromatic N) is 4. The summed E-state index contributed by atoms with van der Waals surface area (Å²) < 4.78 is 2.02. The molecule has 5 heteroatoms. The lowest BCUT2D eigenvalue weighted by molar-refractivity contribution is -0.140. The molecule has 0 N–H and O–H groups in total. The largest absolute Gasteiger partial charge is 0.362 e. The molecule has 1 aliphatic carbocycles. The topological polar surface area (TPSA) is 41.4 Å². The highest BCUT2D eigenvalue weighted by Gasteiger charge is 2.33. The lowest BCUT2D eigenvalue weighted by Crippen LogP contribution is -2.42. The number of carbonyl (C=O) groups is 1. The zero-order valence-corrected chi connectivity index (χ0v) is 18.1. The molecule has 1 aliphatic rings. The summed E-state index contributed by atoms with van der Waals surface area (Å²) in [6, 6.07) is 10.4. The molecule has 0 bridgehead atoms. The number of rotatable bonds is 7. The van der Waals surface area contributed by atoms with Gasteiger partial charge < -0.3 is 9.80 Å². The number of amides is 1. The average Bonchev–Trinajstić information content (AvgIpc) is 2.98. The number of hydrogen-bond donors (Lipinski definition) is 0. The first-order valence-electron chi connectivity index (χ1n) is 10.5. The van der Waals surface area contributed by atoms with Crippen molar-refractivity contribution in [3.05, 3.63) is 41.6 Å². The summed E-state index contributed by atoms with van der Waals surface area (Å²) in [7, 11) is 4.11. The standard InChI is InChI=1S/C23H34N4O/c1-16(2)21-20(15-26(17(3)4)23(28)18-11-10-12-18)22(25(5)6)27(24-21)19-13-8-7-9-14-19/h7-9,13-14,16-18H,10-12,15H2,1-6H3. The quantitative estimate of drug-likeness (QED) is 0.703. The Morgan fingerprint density at radius 1 is 1.14 bits per heavy atom. The van der Waals surface area contributed by atoms with E-state index in [9.17, 15) is 4.79 Å². The molecule has 0 atom stereocenters. The van der Waals surface area contributed by atoms with Crippen molar-refractivity contribution in [3.63, 3.8) is 0 Å². The molecular formula is C23H34N4O. The third-order valence-electron chi connectivity index (χ3n) is 5.65. The van der Waals surface area contributed by atoms with Crippen LogP contribution >= 0.6 is 0 Å². The third-order valence-corrected chi connectivity index (χ3v) is 5.65. The van der Waals surface area contributed by atoms with Crippen molar-refractivity contribution in [1.82, 2.24) is 14.7 Å². The van der Waals surface area contributed by atoms with Crippen molar-refractivity contribution in [1.29, 1.82) is 0 Å². The molecule has 0 saturated heterocycles. The first kappa shape index (κ1) is 20.4. The van der Waals surface area contributed by atoms with Crippen LogP contribution in [0.25, 0.3) is 5.69 Å². The number of anilines is 1. The van der Waals surface area contributed by atoms with Gasteiger partial charge in [-0.05, 0) is 44.7 Å². The zero-order chi connectivity index (χ0) is 20.4. The van der Waals surface area contributed by atoms with Crippen LogP contribution in [0, 0.1) is 5.92 Å². The van der Waals surface area contributed by atoms with E-state index in [4.69, 9.17) is 5.10 Å². The van der Waals surface area contributed by atoms with Gasteiger partial charge in [0.2, 0.25) is 5.91 Å². The Hall–Kier alpha value is -2.30. The molecule has 1 fully saturated rings. The molecule has 0 radical (unpaired) electrons. The number of para-hydroxylation sites is 1. The fourth-order valence-electron chi connectivity index (χ4n) is 3.86. The van der Waals surface area contributed by atoms with Crippen LogP contribution in [-0.4, -0.2) is 40.7 Å². The second-order valence-electron chi connectivity index (χ2n) is 8.67. The third kappa shape index (κ3) is 3.94. The molecular weight excluding hydrogens is 348 g/mol. The van der Waals surface area contributed by atoms with Gasteiger partial charge in [0, 0.05) is 31.6 Å². The van der Waals surface area contributed by atoms with Gasteiger partial charge in [-0.15, -0.1) is 0 Å². The highest BCUT2D eigenvalue weighted by Crippen LogP contribution is 2.34. The highest BCUT2D eigenvalue weighted by atomic mass is 16.2. The van der Waals surface area contributed by atoms with E-state index in [2.05, 4.69) is 63.7 Å². The van der Waals surface area contributed by atoms with Crippen molar-refractivity contribution >= 4 is 11.7 Å². The van der Waals surface area contributed by atoms with Crippen LogP contribution in [0.3, 0.4) is 0 Å².